The van der Waals surface area contributed by atoms with Gasteiger partial charge in [0.05, 0.1) is 7.11 Å². The van der Waals surface area contributed by atoms with Crippen LogP contribution in [0.5, 0.6) is 11.5 Å². The van der Waals surface area contributed by atoms with Crippen LogP contribution in [0.2, 0.25) is 0 Å². The Hall–Kier alpha value is -3.46. The molecule has 0 unspecified atom stereocenters. The van der Waals surface area contributed by atoms with Crippen molar-refractivity contribution >= 4 is 16.0 Å². The van der Waals surface area contributed by atoms with Crippen molar-refractivity contribution < 1.29 is 30.9 Å². The van der Waals surface area contributed by atoms with Gasteiger partial charge in [0.25, 0.3) is 5.91 Å². The molecule has 180 valence electrons. The zero-order valence-electron chi connectivity index (χ0n) is 19.0. The van der Waals surface area contributed by atoms with E-state index in [-0.39, 0.29) is 40.3 Å². The third kappa shape index (κ3) is 6.32. The molecular formula is C25H25F2NO5S. The first-order valence-corrected chi connectivity index (χ1v) is 11.9. The second-order valence-corrected chi connectivity index (χ2v) is 9.62. The van der Waals surface area contributed by atoms with Crippen LogP contribution in [0.1, 0.15) is 29.8 Å². The van der Waals surface area contributed by atoms with Crippen LogP contribution in [-0.4, -0.2) is 32.9 Å². The Morgan fingerprint density at radius 1 is 1.00 bits per heavy atom. The topological polar surface area (TPSA) is 72.9 Å². The highest BCUT2D eigenvalue weighted by molar-refractivity contribution is 7.87. The van der Waals surface area contributed by atoms with E-state index in [4.69, 9.17) is 8.92 Å². The highest BCUT2D eigenvalue weighted by Gasteiger charge is 2.21. The number of amides is 1. The maximum absolute atomic E-state index is 14.0. The minimum Gasteiger partial charge on any atom is -0.494 e. The van der Waals surface area contributed by atoms with E-state index >= 15 is 0 Å². The Morgan fingerprint density at radius 3 is 2.38 bits per heavy atom. The van der Waals surface area contributed by atoms with Gasteiger partial charge in [0.2, 0.25) is 0 Å². The Morgan fingerprint density at radius 2 is 1.74 bits per heavy atom. The van der Waals surface area contributed by atoms with E-state index in [0.29, 0.717) is 12.1 Å². The lowest BCUT2D eigenvalue weighted by atomic mass is 10.1. The smallest absolute Gasteiger partial charge is 0.339 e. The second-order valence-electron chi connectivity index (χ2n) is 8.07. The minimum atomic E-state index is -4.31. The molecule has 3 aromatic rings. The predicted octanol–water partition coefficient (Wildman–Crippen LogP) is 5.04. The fraction of sp³-hybridized carbons (Fsp3) is 0.240. The molecule has 6 nitrogen and oxygen atoms in total. The lowest BCUT2D eigenvalue weighted by Crippen LogP contribution is -2.33. The molecule has 0 aliphatic heterocycles. The van der Waals surface area contributed by atoms with Crippen LogP contribution in [0.3, 0.4) is 0 Å². The van der Waals surface area contributed by atoms with Gasteiger partial charge in [0.15, 0.2) is 11.6 Å². The number of benzene rings is 3. The molecule has 0 radical (unpaired) electrons. The maximum Gasteiger partial charge on any atom is 0.339 e. The van der Waals surface area contributed by atoms with Gasteiger partial charge in [0.1, 0.15) is 16.5 Å². The molecule has 9 heteroatoms. The molecule has 3 rings (SSSR count). The van der Waals surface area contributed by atoms with Gasteiger partial charge in [-0.25, -0.2) is 8.78 Å². The molecule has 0 bridgehead atoms. The van der Waals surface area contributed by atoms with E-state index < -0.39 is 21.8 Å². The fourth-order valence-electron chi connectivity index (χ4n) is 3.36. The summed E-state index contributed by atoms with van der Waals surface area (Å²) < 4.78 is 62.8. The van der Waals surface area contributed by atoms with Crippen LogP contribution < -0.4 is 8.92 Å². The standard InChI is InChI=1S/C25H25F2NO5S/c1-17(2)15-28(25(29)19-7-5-8-20(26)13-19)16-18-6-4-9-21(12-18)33-34(30,31)22-10-11-24(32-3)23(27)14-22/h4-14,17H,15-16H2,1-3H3. The van der Waals surface area contributed by atoms with Crippen molar-refractivity contribution in [2.24, 2.45) is 5.92 Å². The van der Waals surface area contributed by atoms with Crippen molar-refractivity contribution in [1.29, 1.82) is 0 Å². The number of carbonyl (C=O) groups excluding carboxylic acids is 1. The van der Waals surface area contributed by atoms with E-state index in [1.54, 1.807) is 23.1 Å². The Labute approximate surface area is 197 Å². The van der Waals surface area contributed by atoms with Gasteiger partial charge in [-0.15, -0.1) is 0 Å². The molecule has 0 heterocycles. The van der Waals surface area contributed by atoms with Crippen LogP contribution in [-0.2, 0) is 16.7 Å². The summed E-state index contributed by atoms with van der Waals surface area (Å²) in [5.41, 5.74) is 0.830. The number of nitrogens with zero attached hydrogens (tertiary/aromatic N) is 1. The van der Waals surface area contributed by atoms with Crippen LogP contribution >= 0.6 is 0 Å². The number of hydrogen-bond donors (Lipinski definition) is 0. The van der Waals surface area contributed by atoms with Crippen LogP contribution in [0.4, 0.5) is 8.78 Å². The van der Waals surface area contributed by atoms with E-state index in [2.05, 4.69) is 0 Å². The molecule has 0 atom stereocenters. The summed E-state index contributed by atoms with van der Waals surface area (Å²) in [5.74, 6) is -1.62. The van der Waals surface area contributed by atoms with Crippen molar-refractivity contribution in [2.45, 2.75) is 25.3 Å². The van der Waals surface area contributed by atoms with Gasteiger partial charge in [-0.1, -0.05) is 32.0 Å². The first kappa shape index (κ1) is 25.2. The molecule has 0 saturated carbocycles. The highest BCUT2D eigenvalue weighted by atomic mass is 32.2. The molecule has 0 N–H and O–H groups in total. The Bertz CT molecular complexity index is 1280. The van der Waals surface area contributed by atoms with Gasteiger partial charge in [-0.05, 0) is 60.0 Å². The van der Waals surface area contributed by atoms with Crippen LogP contribution in [0.25, 0.3) is 0 Å². The zero-order chi connectivity index (χ0) is 24.9. The highest BCUT2D eigenvalue weighted by Crippen LogP contribution is 2.25. The fourth-order valence-corrected chi connectivity index (χ4v) is 4.29. The third-order valence-corrected chi connectivity index (χ3v) is 6.08. The zero-order valence-corrected chi connectivity index (χ0v) is 19.8. The number of ether oxygens (including phenoxy) is 1. The minimum absolute atomic E-state index is 0.0106. The molecule has 0 aromatic heterocycles. The maximum atomic E-state index is 14.0. The monoisotopic (exact) mass is 489 g/mol. The lowest BCUT2D eigenvalue weighted by Gasteiger charge is -2.25. The van der Waals surface area contributed by atoms with Crippen LogP contribution in [0, 0.1) is 17.6 Å². The molecular weight excluding hydrogens is 464 g/mol. The largest absolute Gasteiger partial charge is 0.494 e. The summed E-state index contributed by atoms with van der Waals surface area (Å²) in [6.07, 6.45) is 0. The average molecular weight is 490 g/mol. The van der Waals surface area contributed by atoms with E-state index in [9.17, 15) is 22.0 Å². The van der Waals surface area contributed by atoms with Crippen molar-refractivity contribution in [2.75, 3.05) is 13.7 Å². The normalized spacial score (nSPS) is 11.4. The van der Waals surface area contributed by atoms with Gasteiger partial charge < -0.3 is 13.8 Å². The van der Waals surface area contributed by atoms with Crippen LogP contribution in [0.15, 0.2) is 71.6 Å². The van der Waals surface area contributed by atoms with Crippen molar-refractivity contribution in [3.8, 4) is 11.5 Å². The van der Waals surface area contributed by atoms with E-state index in [0.717, 1.165) is 6.07 Å². The lowest BCUT2D eigenvalue weighted by molar-refractivity contribution is 0.0722. The summed E-state index contributed by atoms with van der Waals surface area (Å²) in [7, 11) is -3.03. The quantitative estimate of drug-likeness (QED) is 0.394. The summed E-state index contributed by atoms with van der Waals surface area (Å²) >= 11 is 0. The first-order valence-electron chi connectivity index (χ1n) is 10.5. The summed E-state index contributed by atoms with van der Waals surface area (Å²) in [5, 5.41) is 0. The number of carbonyl (C=O) groups is 1. The van der Waals surface area contributed by atoms with Crippen molar-refractivity contribution in [3.05, 3.63) is 89.5 Å². The summed E-state index contributed by atoms with van der Waals surface area (Å²) in [4.78, 5) is 14.2. The Balaban J connectivity index is 1.82. The third-order valence-electron chi connectivity index (χ3n) is 4.83. The van der Waals surface area contributed by atoms with Gasteiger partial charge in [-0.2, -0.15) is 8.42 Å². The molecule has 0 aliphatic rings. The van der Waals surface area contributed by atoms with Gasteiger partial charge in [0, 0.05) is 18.7 Å². The number of hydrogen-bond acceptors (Lipinski definition) is 5. The Kier molecular flexibility index (Phi) is 7.88. The number of methoxy groups -OCH3 is 1. The number of rotatable bonds is 9. The van der Waals surface area contributed by atoms with Crippen molar-refractivity contribution in [3.63, 3.8) is 0 Å². The second kappa shape index (κ2) is 10.6. The van der Waals surface area contributed by atoms with E-state index in [1.807, 2.05) is 13.8 Å². The molecule has 0 spiro atoms. The SMILES string of the molecule is COc1ccc(S(=O)(=O)Oc2cccc(CN(CC(C)C)C(=O)c3cccc(F)c3)c2)cc1F. The van der Waals surface area contributed by atoms with Gasteiger partial charge >= 0.3 is 10.1 Å². The molecule has 3 aromatic carbocycles. The average Bonchev–Trinajstić information content (AvgIpc) is 2.77. The molecule has 1 amide bonds. The molecule has 0 aliphatic carbocycles. The number of halogens is 2. The molecule has 0 fully saturated rings. The van der Waals surface area contributed by atoms with Gasteiger partial charge in [-0.3, -0.25) is 4.79 Å². The molecule has 34 heavy (non-hydrogen) atoms. The summed E-state index contributed by atoms with van der Waals surface area (Å²) in [6.45, 7) is 4.46. The predicted molar refractivity (Wildman–Crippen MR) is 123 cm³/mol. The first-order chi connectivity index (χ1) is 16.1. The molecule has 0 saturated heterocycles. The van der Waals surface area contributed by atoms with E-state index in [1.165, 1.54) is 49.6 Å². The van der Waals surface area contributed by atoms with Crippen molar-refractivity contribution in [1.82, 2.24) is 4.90 Å². The summed E-state index contributed by atoms with van der Waals surface area (Å²) in [6, 6.07) is 14.9.